The molecular weight excluding hydrogens is 389 g/mol. The standard InChI is InChI=1S/C18H23Cl2N5O2/c1-10-17(11(2)25(5)23-10)22-18(27)12(3)24(4)9-16(26)21-13-6-7-14(19)15(20)8-13/h6-8,12H,9H2,1-5H3,(H,21,26)(H,22,27)/t12-/m0/s1. The van der Waals surface area contributed by atoms with Gasteiger partial charge in [0, 0.05) is 12.7 Å². The molecule has 1 aromatic heterocycles. The van der Waals surface area contributed by atoms with E-state index in [-0.39, 0.29) is 18.4 Å². The maximum absolute atomic E-state index is 12.5. The van der Waals surface area contributed by atoms with Gasteiger partial charge in [-0.15, -0.1) is 0 Å². The number of hydrogen-bond acceptors (Lipinski definition) is 4. The maximum Gasteiger partial charge on any atom is 0.241 e. The Kier molecular flexibility index (Phi) is 6.86. The third-order valence-electron chi connectivity index (χ3n) is 4.39. The minimum atomic E-state index is -0.511. The molecule has 0 fully saturated rings. The SMILES string of the molecule is Cc1nn(C)c(C)c1NC(=O)[C@H](C)N(C)CC(=O)Nc1ccc(Cl)c(Cl)c1. The van der Waals surface area contributed by atoms with Crippen molar-refractivity contribution in [3.63, 3.8) is 0 Å². The fourth-order valence-corrected chi connectivity index (χ4v) is 2.82. The molecule has 0 aliphatic rings. The molecule has 9 heteroatoms. The molecule has 2 aromatic rings. The maximum atomic E-state index is 12.5. The lowest BCUT2D eigenvalue weighted by molar-refractivity contribution is -0.122. The first kappa shape index (κ1) is 21.2. The van der Waals surface area contributed by atoms with Crippen LogP contribution in [0.15, 0.2) is 18.2 Å². The van der Waals surface area contributed by atoms with Crippen molar-refractivity contribution in [3.8, 4) is 0 Å². The van der Waals surface area contributed by atoms with E-state index in [1.165, 1.54) is 0 Å². The highest BCUT2D eigenvalue weighted by Crippen LogP contribution is 2.25. The number of nitrogens with one attached hydrogen (secondary N) is 2. The Balaban J connectivity index is 1.95. The zero-order valence-corrected chi connectivity index (χ0v) is 17.4. The van der Waals surface area contributed by atoms with Gasteiger partial charge in [0.2, 0.25) is 11.8 Å². The van der Waals surface area contributed by atoms with E-state index in [2.05, 4.69) is 15.7 Å². The molecule has 0 unspecified atom stereocenters. The van der Waals surface area contributed by atoms with E-state index in [9.17, 15) is 9.59 Å². The first-order chi connectivity index (χ1) is 12.6. The van der Waals surface area contributed by atoms with Crippen LogP contribution in [-0.2, 0) is 16.6 Å². The van der Waals surface area contributed by atoms with Gasteiger partial charge in [-0.3, -0.25) is 19.2 Å². The van der Waals surface area contributed by atoms with Crippen LogP contribution >= 0.6 is 23.2 Å². The Labute approximate surface area is 168 Å². The lowest BCUT2D eigenvalue weighted by atomic mass is 10.2. The van der Waals surface area contributed by atoms with Gasteiger partial charge in [0.25, 0.3) is 0 Å². The van der Waals surface area contributed by atoms with Crippen LogP contribution in [0.4, 0.5) is 11.4 Å². The molecule has 0 saturated carbocycles. The number of amides is 2. The number of halogens is 2. The quantitative estimate of drug-likeness (QED) is 0.764. The number of likely N-dealkylation sites (N-methyl/N-ethyl adjacent to an activating group) is 1. The third kappa shape index (κ3) is 5.22. The van der Waals surface area contributed by atoms with Crippen LogP contribution in [0.2, 0.25) is 10.0 Å². The minimum absolute atomic E-state index is 0.0415. The van der Waals surface area contributed by atoms with Gasteiger partial charge in [-0.05, 0) is 46.0 Å². The molecule has 0 radical (unpaired) electrons. The van der Waals surface area contributed by atoms with Gasteiger partial charge in [-0.2, -0.15) is 5.10 Å². The molecule has 1 aromatic carbocycles. The number of rotatable bonds is 6. The fourth-order valence-electron chi connectivity index (χ4n) is 2.52. The predicted molar refractivity (Wildman–Crippen MR) is 108 cm³/mol. The molecule has 2 rings (SSSR count). The second-order valence-corrected chi connectivity index (χ2v) is 7.24. The van der Waals surface area contributed by atoms with Crippen molar-refractivity contribution in [1.29, 1.82) is 0 Å². The number of benzene rings is 1. The summed E-state index contributed by atoms with van der Waals surface area (Å²) < 4.78 is 1.71. The lowest BCUT2D eigenvalue weighted by Crippen LogP contribution is -2.43. The second-order valence-electron chi connectivity index (χ2n) is 6.43. The van der Waals surface area contributed by atoms with E-state index in [1.54, 1.807) is 41.8 Å². The summed E-state index contributed by atoms with van der Waals surface area (Å²) in [6.07, 6.45) is 0. The van der Waals surface area contributed by atoms with Crippen molar-refractivity contribution >= 4 is 46.4 Å². The van der Waals surface area contributed by atoms with Crippen molar-refractivity contribution < 1.29 is 9.59 Å². The molecule has 0 spiro atoms. The summed E-state index contributed by atoms with van der Waals surface area (Å²) in [5.74, 6) is -0.469. The van der Waals surface area contributed by atoms with Crippen LogP contribution in [-0.4, -0.2) is 46.1 Å². The average Bonchev–Trinajstić information content (AvgIpc) is 2.83. The second kappa shape index (κ2) is 8.73. The summed E-state index contributed by atoms with van der Waals surface area (Å²) in [5, 5.41) is 10.7. The molecule has 1 atom stereocenters. The molecular formula is C18H23Cl2N5O2. The van der Waals surface area contributed by atoms with Gasteiger partial charge in [0.15, 0.2) is 0 Å². The normalized spacial score (nSPS) is 12.1. The Bertz CT molecular complexity index is 866. The molecule has 27 heavy (non-hydrogen) atoms. The van der Waals surface area contributed by atoms with E-state index in [1.807, 2.05) is 20.9 Å². The van der Waals surface area contributed by atoms with Crippen molar-refractivity contribution in [2.75, 3.05) is 24.2 Å². The summed E-state index contributed by atoms with van der Waals surface area (Å²) in [6, 6.07) is 4.34. The van der Waals surface area contributed by atoms with Crippen LogP contribution in [0.5, 0.6) is 0 Å². The van der Waals surface area contributed by atoms with Gasteiger partial charge in [-0.1, -0.05) is 23.2 Å². The minimum Gasteiger partial charge on any atom is -0.325 e. The third-order valence-corrected chi connectivity index (χ3v) is 5.13. The first-order valence-corrected chi connectivity index (χ1v) is 9.12. The molecule has 146 valence electrons. The Morgan fingerprint density at radius 2 is 1.89 bits per heavy atom. The molecule has 2 amide bonds. The highest BCUT2D eigenvalue weighted by molar-refractivity contribution is 6.42. The first-order valence-electron chi connectivity index (χ1n) is 8.36. The highest BCUT2D eigenvalue weighted by atomic mass is 35.5. The Morgan fingerprint density at radius 3 is 2.44 bits per heavy atom. The molecule has 7 nitrogen and oxygen atoms in total. The largest absolute Gasteiger partial charge is 0.325 e. The summed E-state index contributed by atoms with van der Waals surface area (Å²) in [6.45, 7) is 5.50. The van der Waals surface area contributed by atoms with Crippen LogP contribution < -0.4 is 10.6 Å². The number of aryl methyl sites for hydroxylation is 2. The van der Waals surface area contributed by atoms with Gasteiger partial charge in [0.1, 0.15) is 0 Å². The number of nitrogens with zero attached hydrogens (tertiary/aromatic N) is 3. The zero-order chi connectivity index (χ0) is 20.3. The highest BCUT2D eigenvalue weighted by Gasteiger charge is 2.22. The average molecular weight is 412 g/mol. The van der Waals surface area contributed by atoms with Crippen LogP contribution in [0.3, 0.4) is 0 Å². The monoisotopic (exact) mass is 411 g/mol. The number of anilines is 2. The summed E-state index contributed by atoms with van der Waals surface area (Å²) >= 11 is 11.8. The Morgan fingerprint density at radius 1 is 1.22 bits per heavy atom. The van der Waals surface area contributed by atoms with E-state index >= 15 is 0 Å². The number of aromatic nitrogens is 2. The van der Waals surface area contributed by atoms with E-state index < -0.39 is 6.04 Å². The predicted octanol–water partition coefficient (Wildman–Crippen LogP) is 3.24. The van der Waals surface area contributed by atoms with Gasteiger partial charge >= 0.3 is 0 Å². The molecule has 0 aliphatic heterocycles. The summed E-state index contributed by atoms with van der Waals surface area (Å²) in [7, 11) is 3.53. The number of carbonyl (C=O) groups is 2. The number of carbonyl (C=O) groups excluding carboxylic acids is 2. The van der Waals surface area contributed by atoms with E-state index in [0.717, 1.165) is 11.4 Å². The van der Waals surface area contributed by atoms with Crippen molar-refractivity contribution in [1.82, 2.24) is 14.7 Å². The molecule has 0 aliphatic carbocycles. The molecule has 0 saturated heterocycles. The van der Waals surface area contributed by atoms with Gasteiger partial charge in [0.05, 0.1) is 39.7 Å². The fraction of sp³-hybridized carbons (Fsp3) is 0.389. The van der Waals surface area contributed by atoms with Crippen molar-refractivity contribution in [2.24, 2.45) is 7.05 Å². The molecule has 0 bridgehead atoms. The zero-order valence-electron chi connectivity index (χ0n) is 15.9. The smallest absolute Gasteiger partial charge is 0.241 e. The topological polar surface area (TPSA) is 79.3 Å². The molecule has 1 heterocycles. The van der Waals surface area contributed by atoms with Crippen molar-refractivity contribution in [2.45, 2.75) is 26.8 Å². The van der Waals surface area contributed by atoms with Gasteiger partial charge in [-0.25, -0.2) is 0 Å². The lowest BCUT2D eigenvalue weighted by Gasteiger charge is -2.23. The van der Waals surface area contributed by atoms with E-state index in [4.69, 9.17) is 23.2 Å². The van der Waals surface area contributed by atoms with Gasteiger partial charge < -0.3 is 10.6 Å². The van der Waals surface area contributed by atoms with E-state index in [0.29, 0.717) is 21.4 Å². The summed E-state index contributed by atoms with van der Waals surface area (Å²) in [5.41, 5.74) is 2.85. The van der Waals surface area contributed by atoms with Crippen LogP contribution in [0, 0.1) is 13.8 Å². The summed E-state index contributed by atoms with van der Waals surface area (Å²) in [4.78, 5) is 26.4. The number of hydrogen-bond donors (Lipinski definition) is 2. The van der Waals surface area contributed by atoms with Crippen LogP contribution in [0.25, 0.3) is 0 Å². The van der Waals surface area contributed by atoms with Crippen molar-refractivity contribution in [3.05, 3.63) is 39.6 Å². The molecule has 2 N–H and O–H groups in total. The Hall–Kier alpha value is -2.09. The van der Waals surface area contributed by atoms with Crippen LogP contribution in [0.1, 0.15) is 18.3 Å².